The molecule has 2 aromatic rings. The Labute approximate surface area is 121 Å². The van der Waals surface area contributed by atoms with Crippen LogP contribution in [-0.2, 0) is 6.42 Å². The van der Waals surface area contributed by atoms with Gasteiger partial charge in [0.05, 0.1) is 6.10 Å². The summed E-state index contributed by atoms with van der Waals surface area (Å²) in [5, 5.41) is 11.0. The molecular formula is C15H13Cl2FO. The van der Waals surface area contributed by atoms with E-state index in [9.17, 15) is 9.50 Å². The fraction of sp³-hybridized carbons (Fsp3) is 0.200. The van der Waals surface area contributed by atoms with Gasteiger partial charge in [0, 0.05) is 16.5 Å². The highest BCUT2D eigenvalue weighted by molar-refractivity contribution is 6.31. The fourth-order valence-corrected chi connectivity index (χ4v) is 2.51. The summed E-state index contributed by atoms with van der Waals surface area (Å²) in [7, 11) is 0. The minimum atomic E-state index is -0.768. The van der Waals surface area contributed by atoms with Crippen LogP contribution in [0.5, 0.6) is 0 Å². The highest BCUT2D eigenvalue weighted by Crippen LogP contribution is 2.29. The van der Waals surface area contributed by atoms with Gasteiger partial charge in [0.15, 0.2) is 0 Å². The zero-order valence-corrected chi connectivity index (χ0v) is 11.8. The first-order valence-corrected chi connectivity index (χ1v) is 6.61. The van der Waals surface area contributed by atoms with Crippen molar-refractivity contribution in [2.75, 3.05) is 0 Å². The summed E-state index contributed by atoms with van der Waals surface area (Å²) in [6.45, 7) is 1.93. The Bertz CT molecular complexity index is 599. The van der Waals surface area contributed by atoms with Crippen molar-refractivity contribution in [2.45, 2.75) is 19.4 Å². The average Bonchev–Trinajstić information content (AvgIpc) is 2.32. The number of aliphatic hydroxyl groups excluding tert-OH is 1. The number of hydrogen-bond donors (Lipinski definition) is 1. The van der Waals surface area contributed by atoms with Crippen LogP contribution in [0.1, 0.15) is 22.8 Å². The van der Waals surface area contributed by atoms with Crippen molar-refractivity contribution < 1.29 is 9.50 Å². The van der Waals surface area contributed by atoms with Gasteiger partial charge in [-0.05, 0) is 41.8 Å². The van der Waals surface area contributed by atoms with Gasteiger partial charge < -0.3 is 5.11 Å². The van der Waals surface area contributed by atoms with E-state index in [1.165, 1.54) is 12.1 Å². The predicted octanol–water partition coefficient (Wildman–Crippen LogP) is 4.72. The van der Waals surface area contributed by atoms with E-state index in [1.54, 1.807) is 18.2 Å². The minimum absolute atomic E-state index is 0.294. The van der Waals surface area contributed by atoms with Gasteiger partial charge in [-0.2, -0.15) is 0 Å². The minimum Gasteiger partial charge on any atom is -0.388 e. The van der Waals surface area contributed by atoms with Crippen LogP contribution >= 0.6 is 23.2 Å². The Kier molecular flexibility index (Phi) is 4.46. The van der Waals surface area contributed by atoms with Crippen molar-refractivity contribution in [1.82, 2.24) is 0 Å². The third-order valence-electron chi connectivity index (χ3n) is 2.94. The summed E-state index contributed by atoms with van der Waals surface area (Å²) in [4.78, 5) is 0. The lowest BCUT2D eigenvalue weighted by Crippen LogP contribution is -2.03. The Morgan fingerprint density at radius 3 is 2.47 bits per heavy atom. The van der Waals surface area contributed by atoms with E-state index >= 15 is 0 Å². The second-order valence-electron chi connectivity index (χ2n) is 4.48. The van der Waals surface area contributed by atoms with Crippen molar-refractivity contribution in [3.8, 4) is 0 Å². The van der Waals surface area contributed by atoms with Crippen molar-refractivity contribution in [3.63, 3.8) is 0 Å². The standard InChI is InChI=1S/C15H13Cl2FO/c1-9-2-5-12(14(17)6-9)15(19)7-10-3-4-11(18)8-13(10)16/h2-6,8,15,19H,7H2,1H3. The number of aliphatic hydroxyl groups is 1. The van der Waals surface area contributed by atoms with Gasteiger partial charge >= 0.3 is 0 Å². The molecule has 1 atom stereocenters. The Hall–Kier alpha value is -1.09. The second kappa shape index (κ2) is 5.91. The first-order chi connectivity index (χ1) is 8.97. The summed E-state index contributed by atoms with van der Waals surface area (Å²) in [6.07, 6.45) is -0.474. The molecular weight excluding hydrogens is 286 g/mol. The van der Waals surface area contributed by atoms with Crippen LogP contribution in [0.3, 0.4) is 0 Å². The quantitative estimate of drug-likeness (QED) is 0.869. The van der Waals surface area contributed by atoms with Gasteiger partial charge in [-0.1, -0.05) is 41.4 Å². The van der Waals surface area contributed by atoms with Crippen LogP contribution in [0, 0.1) is 12.7 Å². The molecule has 0 aliphatic heterocycles. The molecule has 0 saturated carbocycles. The lowest BCUT2D eigenvalue weighted by atomic mass is 10.0. The molecule has 0 heterocycles. The van der Waals surface area contributed by atoms with E-state index in [0.29, 0.717) is 27.6 Å². The summed E-state index contributed by atoms with van der Waals surface area (Å²) >= 11 is 12.0. The zero-order valence-electron chi connectivity index (χ0n) is 10.3. The van der Waals surface area contributed by atoms with Gasteiger partial charge in [0.1, 0.15) is 5.82 Å². The van der Waals surface area contributed by atoms with E-state index in [0.717, 1.165) is 5.56 Å². The lowest BCUT2D eigenvalue weighted by Gasteiger charge is -2.14. The largest absolute Gasteiger partial charge is 0.388 e. The SMILES string of the molecule is Cc1ccc(C(O)Cc2ccc(F)cc2Cl)c(Cl)c1. The van der Waals surface area contributed by atoms with Crippen molar-refractivity contribution in [1.29, 1.82) is 0 Å². The maximum atomic E-state index is 12.9. The third-order valence-corrected chi connectivity index (χ3v) is 3.62. The van der Waals surface area contributed by atoms with Crippen molar-refractivity contribution >= 4 is 23.2 Å². The average molecular weight is 299 g/mol. The molecule has 0 aromatic heterocycles. The summed E-state index contributed by atoms with van der Waals surface area (Å²) in [6, 6.07) is 9.61. The highest BCUT2D eigenvalue weighted by atomic mass is 35.5. The summed E-state index contributed by atoms with van der Waals surface area (Å²) in [5.74, 6) is -0.392. The number of rotatable bonds is 3. The van der Waals surface area contributed by atoms with Crippen LogP contribution in [-0.4, -0.2) is 5.11 Å². The van der Waals surface area contributed by atoms with Crippen LogP contribution < -0.4 is 0 Å². The summed E-state index contributed by atoms with van der Waals surface area (Å²) in [5.41, 5.74) is 2.36. The molecule has 2 aromatic carbocycles. The van der Waals surface area contributed by atoms with Crippen LogP contribution in [0.2, 0.25) is 10.0 Å². The van der Waals surface area contributed by atoms with E-state index < -0.39 is 11.9 Å². The van der Waals surface area contributed by atoms with Crippen LogP contribution in [0.25, 0.3) is 0 Å². The summed E-state index contributed by atoms with van der Waals surface area (Å²) < 4.78 is 12.9. The van der Waals surface area contributed by atoms with Gasteiger partial charge in [-0.25, -0.2) is 4.39 Å². The molecule has 0 fully saturated rings. The smallest absolute Gasteiger partial charge is 0.124 e. The van der Waals surface area contributed by atoms with E-state index in [-0.39, 0.29) is 0 Å². The zero-order chi connectivity index (χ0) is 14.0. The topological polar surface area (TPSA) is 20.2 Å². The number of aryl methyl sites for hydroxylation is 1. The lowest BCUT2D eigenvalue weighted by molar-refractivity contribution is 0.178. The molecule has 2 rings (SSSR count). The molecule has 0 radical (unpaired) electrons. The Balaban J connectivity index is 2.23. The molecule has 1 nitrogen and oxygen atoms in total. The maximum absolute atomic E-state index is 12.9. The van der Waals surface area contributed by atoms with Crippen LogP contribution in [0.4, 0.5) is 4.39 Å². The normalized spacial score (nSPS) is 12.5. The van der Waals surface area contributed by atoms with Crippen molar-refractivity contribution in [2.24, 2.45) is 0 Å². The molecule has 0 aliphatic rings. The Morgan fingerprint density at radius 2 is 1.84 bits per heavy atom. The van der Waals surface area contributed by atoms with Gasteiger partial charge in [-0.15, -0.1) is 0 Å². The molecule has 4 heteroatoms. The maximum Gasteiger partial charge on any atom is 0.124 e. The third kappa shape index (κ3) is 3.47. The van der Waals surface area contributed by atoms with Gasteiger partial charge in [-0.3, -0.25) is 0 Å². The van der Waals surface area contributed by atoms with E-state index in [4.69, 9.17) is 23.2 Å². The second-order valence-corrected chi connectivity index (χ2v) is 5.30. The fourth-order valence-electron chi connectivity index (χ4n) is 1.91. The number of benzene rings is 2. The van der Waals surface area contributed by atoms with Gasteiger partial charge in [0.25, 0.3) is 0 Å². The predicted molar refractivity (Wildman–Crippen MR) is 76.3 cm³/mol. The molecule has 1 unspecified atom stereocenters. The molecule has 19 heavy (non-hydrogen) atoms. The molecule has 0 amide bonds. The molecule has 0 spiro atoms. The molecule has 0 saturated heterocycles. The highest BCUT2D eigenvalue weighted by Gasteiger charge is 2.14. The van der Waals surface area contributed by atoms with Crippen molar-refractivity contribution in [3.05, 3.63) is 69.0 Å². The van der Waals surface area contributed by atoms with Gasteiger partial charge in [0.2, 0.25) is 0 Å². The van der Waals surface area contributed by atoms with Crippen LogP contribution in [0.15, 0.2) is 36.4 Å². The van der Waals surface area contributed by atoms with E-state index in [2.05, 4.69) is 0 Å². The molecule has 1 N–H and O–H groups in total. The molecule has 100 valence electrons. The molecule has 0 aliphatic carbocycles. The monoisotopic (exact) mass is 298 g/mol. The Morgan fingerprint density at radius 1 is 1.11 bits per heavy atom. The first kappa shape index (κ1) is 14.3. The first-order valence-electron chi connectivity index (χ1n) is 5.85. The molecule has 0 bridgehead atoms. The van der Waals surface area contributed by atoms with E-state index in [1.807, 2.05) is 13.0 Å². The number of halogens is 3. The number of hydrogen-bond acceptors (Lipinski definition) is 1.